The molecule has 1 saturated heterocycles. The molecule has 0 radical (unpaired) electrons. The van der Waals surface area contributed by atoms with E-state index >= 15 is 0 Å². The second-order valence-electron chi connectivity index (χ2n) is 4.99. The summed E-state index contributed by atoms with van der Waals surface area (Å²) in [6, 6.07) is 7.70. The van der Waals surface area contributed by atoms with Gasteiger partial charge in [-0.2, -0.15) is 0 Å². The summed E-state index contributed by atoms with van der Waals surface area (Å²) in [7, 11) is -3.13. The molecule has 0 spiro atoms. The van der Waals surface area contributed by atoms with E-state index in [4.69, 9.17) is 0 Å². The van der Waals surface area contributed by atoms with Crippen molar-refractivity contribution in [1.82, 2.24) is 4.31 Å². The minimum absolute atomic E-state index is 0.125. The average Bonchev–Trinajstić information content (AvgIpc) is 2.69. The summed E-state index contributed by atoms with van der Waals surface area (Å²) in [5.41, 5.74) is 2.02. The summed E-state index contributed by atoms with van der Waals surface area (Å²) in [6.45, 7) is 5.45. The van der Waals surface area contributed by atoms with E-state index in [-0.39, 0.29) is 5.75 Å². The van der Waals surface area contributed by atoms with Crippen LogP contribution in [-0.4, -0.2) is 25.8 Å². The largest absolute Gasteiger partial charge is 0.218 e. The Bertz CT molecular complexity index is 479. The minimum Gasteiger partial charge on any atom is -0.212 e. The highest BCUT2D eigenvalue weighted by Crippen LogP contribution is 2.21. The molecule has 0 amide bonds. The third kappa shape index (κ3) is 3.07. The van der Waals surface area contributed by atoms with Gasteiger partial charge in [-0.3, -0.25) is 0 Å². The average molecular weight is 253 g/mol. The van der Waals surface area contributed by atoms with Gasteiger partial charge < -0.3 is 0 Å². The first kappa shape index (κ1) is 12.6. The molecule has 1 aliphatic heterocycles. The Morgan fingerprint density at radius 1 is 1.29 bits per heavy atom. The predicted octanol–water partition coefficient (Wildman–Crippen LogP) is 2.17. The molecule has 1 atom stereocenters. The van der Waals surface area contributed by atoms with Crippen molar-refractivity contribution in [2.75, 3.05) is 13.1 Å². The number of rotatable bonds is 3. The van der Waals surface area contributed by atoms with E-state index in [0.29, 0.717) is 19.0 Å². The topological polar surface area (TPSA) is 37.4 Å². The van der Waals surface area contributed by atoms with E-state index in [0.717, 1.165) is 17.5 Å². The third-order valence-electron chi connectivity index (χ3n) is 3.25. The molecule has 1 unspecified atom stereocenters. The Labute approximate surface area is 104 Å². The van der Waals surface area contributed by atoms with Crippen LogP contribution in [0.5, 0.6) is 0 Å². The number of sulfonamides is 1. The first-order valence-corrected chi connectivity index (χ1v) is 7.61. The molecule has 94 valence electrons. The molecule has 0 bridgehead atoms. The summed E-state index contributed by atoms with van der Waals surface area (Å²) in [5, 5.41) is 0. The number of nitrogens with zero attached hydrogens (tertiary/aromatic N) is 1. The van der Waals surface area contributed by atoms with Crippen LogP contribution in [-0.2, 0) is 15.8 Å². The number of aryl methyl sites for hydroxylation is 1. The molecule has 0 aromatic heterocycles. The van der Waals surface area contributed by atoms with Crippen molar-refractivity contribution in [3.63, 3.8) is 0 Å². The van der Waals surface area contributed by atoms with Crippen molar-refractivity contribution in [1.29, 1.82) is 0 Å². The van der Waals surface area contributed by atoms with E-state index in [1.165, 1.54) is 0 Å². The van der Waals surface area contributed by atoms with Crippen molar-refractivity contribution in [3.8, 4) is 0 Å². The zero-order valence-corrected chi connectivity index (χ0v) is 11.2. The summed E-state index contributed by atoms with van der Waals surface area (Å²) in [6.07, 6.45) is 0.979. The Kier molecular flexibility index (Phi) is 3.54. The van der Waals surface area contributed by atoms with Crippen LogP contribution in [0.4, 0.5) is 0 Å². The number of hydrogen-bond acceptors (Lipinski definition) is 2. The lowest BCUT2D eigenvalue weighted by atomic mass is 10.2. The van der Waals surface area contributed by atoms with Gasteiger partial charge in [-0.1, -0.05) is 36.8 Å². The maximum absolute atomic E-state index is 12.2. The lowest BCUT2D eigenvalue weighted by Gasteiger charge is -2.16. The van der Waals surface area contributed by atoms with Crippen LogP contribution in [0.25, 0.3) is 0 Å². The van der Waals surface area contributed by atoms with Crippen LogP contribution in [0.2, 0.25) is 0 Å². The van der Waals surface area contributed by atoms with Gasteiger partial charge in [-0.05, 0) is 24.8 Å². The molecule has 17 heavy (non-hydrogen) atoms. The van der Waals surface area contributed by atoms with Crippen LogP contribution >= 0.6 is 0 Å². The van der Waals surface area contributed by atoms with Gasteiger partial charge in [0.15, 0.2) is 0 Å². The standard InChI is InChI=1S/C13H19NO2S/c1-11-3-5-13(6-4-11)10-17(15,16)14-8-7-12(2)9-14/h3-6,12H,7-10H2,1-2H3. The second kappa shape index (κ2) is 4.78. The maximum atomic E-state index is 12.2. The number of benzene rings is 1. The van der Waals surface area contributed by atoms with Crippen molar-refractivity contribution in [2.45, 2.75) is 26.0 Å². The SMILES string of the molecule is Cc1ccc(CS(=O)(=O)N2CCC(C)C2)cc1. The zero-order chi connectivity index (χ0) is 12.5. The molecule has 0 aliphatic carbocycles. The quantitative estimate of drug-likeness (QED) is 0.828. The van der Waals surface area contributed by atoms with Gasteiger partial charge in [-0.15, -0.1) is 0 Å². The van der Waals surface area contributed by atoms with Crippen molar-refractivity contribution in [3.05, 3.63) is 35.4 Å². The monoisotopic (exact) mass is 253 g/mol. The minimum atomic E-state index is -3.13. The smallest absolute Gasteiger partial charge is 0.212 e. The van der Waals surface area contributed by atoms with Crippen LogP contribution in [0.1, 0.15) is 24.5 Å². The summed E-state index contributed by atoms with van der Waals surface area (Å²) in [4.78, 5) is 0. The fourth-order valence-electron chi connectivity index (χ4n) is 2.13. The molecule has 0 N–H and O–H groups in total. The number of hydrogen-bond donors (Lipinski definition) is 0. The van der Waals surface area contributed by atoms with Gasteiger partial charge in [0.1, 0.15) is 0 Å². The molecule has 3 nitrogen and oxygen atoms in total. The van der Waals surface area contributed by atoms with Crippen molar-refractivity contribution in [2.24, 2.45) is 5.92 Å². The van der Waals surface area contributed by atoms with Crippen LogP contribution in [0.3, 0.4) is 0 Å². The maximum Gasteiger partial charge on any atom is 0.218 e. The predicted molar refractivity (Wildman–Crippen MR) is 69.2 cm³/mol. The summed E-state index contributed by atoms with van der Waals surface area (Å²) >= 11 is 0. The van der Waals surface area contributed by atoms with Gasteiger partial charge in [-0.25, -0.2) is 12.7 Å². The molecular weight excluding hydrogens is 234 g/mol. The molecule has 2 rings (SSSR count). The summed E-state index contributed by atoms with van der Waals surface area (Å²) in [5.74, 6) is 0.614. The Morgan fingerprint density at radius 2 is 1.94 bits per heavy atom. The molecule has 1 heterocycles. The van der Waals surface area contributed by atoms with Gasteiger partial charge in [0, 0.05) is 13.1 Å². The van der Waals surface area contributed by atoms with Crippen LogP contribution in [0.15, 0.2) is 24.3 Å². The molecule has 1 aliphatic rings. The van der Waals surface area contributed by atoms with E-state index < -0.39 is 10.0 Å². The molecule has 1 fully saturated rings. The fraction of sp³-hybridized carbons (Fsp3) is 0.538. The molecular formula is C13H19NO2S. The van der Waals surface area contributed by atoms with E-state index in [9.17, 15) is 8.42 Å². The summed E-state index contributed by atoms with van der Waals surface area (Å²) < 4.78 is 25.9. The van der Waals surface area contributed by atoms with Gasteiger partial charge in [0.25, 0.3) is 0 Å². The Hall–Kier alpha value is -0.870. The Morgan fingerprint density at radius 3 is 2.47 bits per heavy atom. The molecule has 1 aromatic carbocycles. The van der Waals surface area contributed by atoms with Crippen LogP contribution in [0, 0.1) is 12.8 Å². The van der Waals surface area contributed by atoms with E-state index in [1.54, 1.807) is 4.31 Å². The second-order valence-corrected chi connectivity index (χ2v) is 6.96. The lowest BCUT2D eigenvalue weighted by Crippen LogP contribution is -2.29. The highest BCUT2D eigenvalue weighted by molar-refractivity contribution is 7.88. The van der Waals surface area contributed by atoms with E-state index in [1.807, 2.05) is 31.2 Å². The third-order valence-corrected chi connectivity index (χ3v) is 5.07. The van der Waals surface area contributed by atoms with Crippen molar-refractivity contribution < 1.29 is 8.42 Å². The highest BCUT2D eigenvalue weighted by Gasteiger charge is 2.28. The van der Waals surface area contributed by atoms with Crippen LogP contribution < -0.4 is 0 Å². The van der Waals surface area contributed by atoms with Gasteiger partial charge in [0.2, 0.25) is 10.0 Å². The highest BCUT2D eigenvalue weighted by atomic mass is 32.2. The first-order chi connectivity index (χ1) is 7.97. The lowest BCUT2D eigenvalue weighted by molar-refractivity contribution is 0.463. The zero-order valence-electron chi connectivity index (χ0n) is 10.4. The Balaban J connectivity index is 2.09. The molecule has 0 saturated carbocycles. The van der Waals surface area contributed by atoms with Gasteiger partial charge in [0.05, 0.1) is 5.75 Å². The normalized spacial score (nSPS) is 21.9. The van der Waals surface area contributed by atoms with Gasteiger partial charge >= 0.3 is 0 Å². The molecule has 4 heteroatoms. The molecule has 1 aromatic rings. The first-order valence-electron chi connectivity index (χ1n) is 6.01. The fourth-order valence-corrected chi connectivity index (χ4v) is 3.79. The van der Waals surface area contributed by atoms with E-state index in [2.05, 4.69) is 6.92 Å². The van der Waals surface area contributed by atoms with Crippen molar-refractivity contribution >= 4 is 10.0 Å².